The van der Waals surface area contributed by atoms with Crippen LogP contribution in [0.5, 0.6) is 0 Å². The van der Waals surface area contributed by atoms with Gasteiger partial charge in [-0.1, -0.05) is 0 Å². The fraction of sp³-hybridized carbons (Fsp3) is 0.261. The quantitative estimate of drug-likeness (QED) is 0.433. The lowest BCUT2D eigenvalue weighted by Gasteiger charge is -2.33. The molecule has 0 unspecified atom stereocenters. The second-order valence-corrected chi connectivity index (χ2v) is 8.69. The van der Waals surface area contributed by atoms with Gasteiger partial charge in [0.2, 0.25) is 0 Å². The molecule has 186 valence electrons. The van der Waals surface area contributed by atoms with E-state index in [2.05, 4.69) is 10.3 Å². The van der Waals surface area contributed by atoms with Crippen molar-refractivity contribution in [2.45, 2.75) is 39.4 Å². The van der Waals surface area contributed by atoms with E-state index in [0.717, 1.165) is 24.3 Å². The Morgan fingerprint density at radius 1 is 1.09 bits per heavy atom. The Morgan fingerprint density at radius 3 is 2.26 bits per heavy atom. The maximum absolute atomic E-state index is 15.2. The van der Waals surface area contributed by atoms with Gasteiger partial charge in [-0.3, -0.25) is 9.69 Å². The molecule has 2 N–H and O–H groups in total. The van der Waals surface area contributed by atoms with Crippen molar-refractivity contribution in [1.29, 1.82) is 0 Å². The van der Waals surface area contributed by atoms with Crippen molar-refractivity contribution in [1.82, 2.24) is 9.55 Å². The zero-order valence-electron chi connectivity index (χ0n) is 19.0. The molecule has 0 fully saturated rings. The smallest absolute Gasteiger partial charge is 0.416 e. The molecule has 0 radical (unpaired) electrons. The molecule has 2 amide bonds. The number of imidazole rings is 1. The van der Waals surface area contributed by atoms with E-state index in [-0.39, 0.29) is 5.69 Å². The molecule has 1 aromatic heterocycles. The van der Waals surface area contributed by atoms with Gasteiger partial charge >= 0.3 is 12.3 Å². The Bertz CT molecular complexity index is 1300. The number of carbonyl (C=O) groups is 2. The van der Waals surface area contributed by atoms with E-state index in [1.54, 1.807) is 6.92 Å². The van der Waals surface area contributed by atoms with Crippen LogP contribution in [0.3, 0.4) is 0 Å². The van der Waals surface area contributed by atoms with Crippen LogP contribution in [0.25, 0.3) is 5.69 Å². The number of hydrogen-bond donors (Lipinski definition) is 2. The third-order valence-electron chi connectivity index (χ3n) is 4.92. The molecule has 0 saturated heterocycles. The minimum absolute atomic E-state index is 0.0179. The van der Waals surface area contributed by atoms with Crippen molar-refractivity contribution in [3.8, 4) is 5.69 Å². The summed E-state index contributed by atoms with van der Waals surface area (Å²) in [6, 6.07) is 4.16. The fourth-order valence-corrected chi connectivity index (χ4v) is 3.37. The van der Waals surface area contributed by atoms with Gasteiger partial charge in [0.15, 0.2) is 5.82 Å². The van der Waals surface area contributed by atoms with Crippen molar-refractivity contribution in [3.63, 3.8) is 0 Å². The van der Waals surface area contributed by atoms with E-state index in [1.165, 1.54) is 37.9 Å². The van der Waals surface area contributed by atoms with Crippen LogP contribution in [0.1, 0.15) is 42.4 Å². The molecule has 0 bridgehead atoms. The molecule has 3 rings (SSSR count). The first kappa shape index (κ1) is 25.7. The maximum Gasteiger partial charge on any atom is 0.416 e. The number of carbonyl (C=O) groups excluding carboxylic acids is 1. The van der Waals surface area contributed by atoms with Crippen molar-refractivity contribution >= 4 is 23.4 Å². The lowest BCUT2D eigenvalue weighted by Crippen LogP contribution is -2.46. The van der Waals surface area contributed by atoms with Crippen molar-refractivity contribution in [3.05, 3.63) is 71.3 Å². The average molecular weight is 496 g/mol. The third-order valence-corrected chi connectivity index (χ3v) is 4.92. The molecule has 0 atom stereocenters. The van der Waals surface area contributed by atoms with Gasteiger partial charge in [0.1, 0.15) is 11.5 Å². The number of nitrogens with zero attached hydrogens (tertiary/aromatic N) is 3. The van der Waals surface area contributed by atoms with E-state index < -0.39 is 57.9 Å². The Morgan fingerprint density at radius 2 is 1.74 bits per heavy atom. The predicted molar refractivity (Wildman–Crippen MR) is 118 cm³/mol. The number of benzene rings is 2. The van der Waals surface area contributed by atoms with E-state index in [4.69, 9.17) is 0 Å². The van der Waals surface area contributed by atoms with Gasteiger partial charge in [-0.15, -0.1) is 0 Å². The molecule has 0 spiro atoms. The molecule has 12 heteroatoms. The summed E-state index contributed by atoms with van der Waals surface area (Å²) in [7, 11) is 0. The number of alkyl halides is 3. The molecule has 2 aromatic carbocycles. The van der Waals surface area contributed by atoms with Crippen LogP contribution < -0.4 is 10.2 Å². The summed E-state index contributed by atoms with van der Waals surface area (Å²) in [6.45, 7) is 5.86. The summed E-state index contributed by atoms with van der Waals surface area (Å²) in [4.78, 5) is 28.9. The number of aryl methyl sites for hydroxylation is 1. The van der Waals surface area contributed by atoms with Crippen molar-refractivity contribution < 1.29 is 36.6 Å². The van der Waals surface area contributed by atoms with Gasteiger partial charge in [0.05, 0.1) is 23.3 Å². The van der Waals surface area contributed by atoms with Crippen LogP contribution >= 0.6 is 0 Å². The number of carboxylic acid groups (broad SMARTS) is 1. The molecule has 0 aliphatic heterocycles. The molecule has 0 saturated carbocycles. The largest absolute Gasteiger partial charge is 0.465 e. The Hall–Kier alpha value is -3.96. The molecular weight excluding hydrogens is 475 g/mol. The highest BCUT2D eigenvalue weighted by Gasteiger charge is 2.34. The van der Waals surface area contributed by atoms with Crippen LogP contribution in [-0.4, -0.2) is 32.2 Å². The zero-order chi connectivity index (χ0) is 26.3. The summed E-state index contributed by atoms with van der Waals surface area (Å²) in [5.74, 6) is -3.72. The fourth-order valence-electron chi connectivity index (χ4n) is 3.37. The Labute approximate surface area is 196 Å². The van der Waals surface area contributed by atoms with Gasteiger partial charge in [-0.25, -0.2) is 18.6 Å². The van der Waals surface area contributed by atoms with Crippen LogP contribution in [0.4, 0.5) is 38.1 Å². The first-order valence-corrected chi connectivity index (χ1v) is 10.2. The summed E-state index contributed by atoms with van der Waals surface area (Å²) < 4.78 is 71.4. The lowest BCUT2D eigenvalue weighted by atomic mass is 10.0. The zero-order valence-corrected chi connectivity index (χ0v) is 19.0. The topological polar surface area (TPSA) is 87.5 Å². The first-order valence-electron chi connectivity index (χ1n) is 10.2. The second-order valence-electron chi connectivity index (χ2n) is 8.69. The molecule has 0 aliphatic rings. The normalized spacial score (nSPS) is 11.9. The van der Waals surface area contributed by atoms with Gasteiger partial charge in [0.25, 0.3) is 5.91 Å². The minimum atomic E-state index is -4.79. The standard InChI is InChI=1S/C23H21F5N4O3/c1-12-10-31(11-29-12)15-8-13(7-14(9-15)23(26,27)28)20(33)30-17-6-5-16(24)19(18(17)25)32(21(34)35)22(2,3)4/h5-11H,1-4H3,(H,30,33)(H,34,35). The molecule has 7 nitrogen and oxygen atoms in total. The number of nitrogens with one attached hydrogen (secondary N) is 1. The van der Waals surface area contributed by atoms with E-state index in [1.807, 2.05) is 0 Å². The summed E-state index contributed by atoms with van der Waals surface area (Å²) >= 11 is 0. The number of hydrogen-bond acceptors (Lipinski definition) is 3. The van der Waals surface area contributed by atoms with Crippen LogP contribution in [0, 0.1) is 18.6 Å². The van der Waals surface area contributed by atoms with Gasteiger partial charge in [0, 0.05) is 23.0 Å². The van der Waals surface area contributed by atoms with Gasteiger partial charge < -0.3 is 15.0 Å². The van der Waals surface area contributed by atoms with E-state index in [0.29, 0.717) is 16.7 Å². The van der Waals surface area contributed by atoms with Crippen molar-refractivity contribution in [2.75, 3.05) is 10.2 Å². The van der Waals surface area contributed by atoms with Crippen LogP contribution in [0.2, 0.25) is 0 Å². The van der Waals surface area contributed by atoms with Gasteiger partial charge in [-0.2, -0.15) is 13.2 Å². The number of anilines is 2. The highest BCUT2D eigenvalue weighted by molar-refractivity contribution is 6.05. The van der Waals surface area contributed by atoms with Gasteiger partial charge in [-0.05, 0) is 58.0 Å². The maximum atomic E-state index is 15.2. The number of aromatic nitrogens is 2. The van der Waals surface area contributed by atoms with E-state index in [9.17, 15) is 32.3 Å². The lowest BCUT2D eigenvalue weighted by molar-refractivity contribution is -0.137. The number of amides is 2. The minimum Gasteiger partial charge on any atom is -0.465 e. The predicted octanol–water partition coefficient (Wildman–Crippen LogP) is 6.01. The average Bonchev–Trinajstić information content (AvgIpc) is 3.17. The second kappa shape index (κ2) is 9.01. The Kier molecular flexibility index (Phi) is 6.60. The third kappa shape index (κ3) is 5.42. The van der Waals surface area contributed by atoms with E-state index >= 15 is 4.39 Å². The monoisotopic (exact) mass is 496 g/mol. The summed E-state index contributed by atoms with van der Waals surface area (Å²) in [6.07, 6.45) is -3.71. The summed E-state index contributed by atoms with van der Waals surface area (Å²) in [5, 5.41) is 11.6. The SMILES string of the molecule is Cc1cn(-c2cc(C(=O)Nc3ccc(F)c(N(C(=O)O)C(C)(C)C)c3F)cc(C(F)(F)F)c2)cn1. The molecule has 3 aromatic rings. The number of halogens is 5. The Balaban J connectivity index is 2.06. The molecule has 35 heavy (non-hydrogen) atoms. The summed E-state index contributed by atoms with van der Waals surface area (Å²) in [5.41, 5.74) is -3.88. The molecule has 0 aliphatic carbocycles. The highest BCUT2D eigenvalue weighted by Crippen LogP contribution is 2.35. The van der Waals surface area contributed by atoms with Crippen LogP contribution in [-0.2, 0) is 6.18 Å². The number of rotatable bonds is 4. The van der Waals surface area contributed by atoms with Crippen LogP contribution in [0.15, 0.2) is 42.9 Å². The first-order chi connectivity index (χ1) is 16.1. The molecule has 1 heterocycles. The highest BCUT2D eigenvalue weighted by atomic mass is 19.4. The molecular formula is C23H21F5N4O3. The van der Waals surface area contributed by atoms with Crippen molar-refractivity contribution in [2.24, 2.45) is 0 Å².